The number of aliphatic hydroxyl groups is 1. The van der Waals surface area contributed by atoms with E-state index in [2.05, 4.69) is 10.4 Å². The number of aromatic nitrogens is 2. The minimum atomic E-state index is -4.54. The molecule has 0 saturated heterocycles. The molecular formula is C19H20F3N3O4. The summed E-state index contributed by atoms with van der Waals surface area (Å²) in [5, 5.41) is 17.3. The van der Waals surface area contributed by atoms with Crippen molar-refractivity contribution in [2.24, 2.45) is 0 Å². The highest BCUT2D eigenvalue weighted by atomic mass is 19.4. The standard InChI is InChI=1S/C19H20F3N3O4/c1-2-11-5-6-25-16(29-11)8-13(24-25)18(27)23-14-9-28-15-4-3-10(19(20,21)22)7-12(15)17(14)26/h3-4,7-8,11,14,17,26H,2,5-6,9H2,1H3,(H,23,27)/t11?,14-,17?/m0/s1. The Labute approximate surface area is 164 Å². The Bertz CT molecular complexity index is 928. The van der Waals surface area contributed by atoms with Crippen LogP contribution in [0.5, 0.6) is 11.6 Å². The molecule has 3 atom stereocenters. The molecule has 0 spiro atoms. The van der Waals surface area contributed by atoms with Crippen LogP contribution in [0.2, 0.25) is 0 Å². The van der Waals surface area contributed by atoms with Crippen molar-refractivity contribution >= 4 is 5.91 Å². The fourth-order valence-electron chi connectivity index (χ4n) is 3.49. The molecule has 0 bridgehead atoms. The van der Waals surface area contributed by atoms with Crippen molar-refractivity contribution in [3.8, 4) is 11.6 Å². The van der Waals surface area contributed by atoms with Crippen molar-refractivity contribution in [3.05, 3.63) is 41.1 Å². The van der Waals surface area contributed by atoms with Gasteiger partial charge in [0.25, 0.3) is 5.91 Å². The number of benzene rings is 1. The first-order valence-corrected chi connectivity index (χ1v) is 9.33. The average Bonchev–Trinajstić information content (AvgIpc) is 3.12. The molecule has 0 fully saturated rings. The quantitative estimate of drug-likeness (QED) is 0.811. The number of rotatable bonds is 3. The molecule has 4 rings (SSSR count). The first-order chi connectivity index (χ1) is 13.8. The molecule has 1 amide bonds. The molecule has 0 radical (unpaired) electrons. The number of carbonyl (C=O) groups is 1. The van der Waals surface area contributed by atoms with E-state index in [-0.39, 0.29) is 29.7 Å². The molecule has 2 aliphatic heterocycles. The van der Waals surface area contributed by atoms with Gasteiger partial charge < -0.3 is 19.9 Å². The second-order valence-corrected chi connectivity index (χ2v) is 7.11. The number of fused-ring (bicyclic) bond motifs is 2. The maximum Gasteiger partial charge on any atom is 0.416 e. The number of nitrogens with one attached hydrogen (secondary N) is 1. The van der Waals surface area contributed by atoms with E-state index in [9.17, 15) is 23.1 Å². The third-order valence-electron chi connectivity index (χ3n) is 5.15. The van der Waals surface area contributed by atoms with Crippen LogP contribution < -0.4 is 14.8 Å². The highest BCUT2D eigenvalue weighted by Gasteiger charge is 2.36. The van der Waals surface area contributed by atoms with Gasteiger partial charge in [-0.25, -0.2) is 4.68 Å². The summed E-state index contributed by atoms with van der Waals surface area (Å²) in [6.07, 6.45) is -4.18. The zero-order valence-electron chi connectivity index (χ0n) is 15.6. The highest BCUT2D eigenvalue weighted by Crippen LogP contribution is 2.38. The van der Waals surface area contributed by atoms with Crippen LogP contribution in [0.4, 0.5) is 13.2 Å². The number of hydrogen-bond acceptors (Lipinski definition) is 5. The van der Waals surface area contributed by atoms with Gasteiger partial charge in [-0.1, -0.05) is 6.92 Å². The van der Waals surface area contributed by atoms with Crippen LogP contribution in [0, 0.1) is 0 Å². The number of ether oxygens (including phenoxy) is 2. The van der Waals surface area contributed by atoms with Crippen LogP contribution >= 0.6 is 0 Å². The number of aryl methyl sites for hydroxylation is 1. The third kappa shape index (κ3) is 3.76. The number of hydrogen-bond donors (Lipinski definition) is 2. The van der Waals surface area contributed by atoms with E-state index in [1.807, 2.05) is 6.92 Å². The predicted molar refractivity (Wildman–Crippen MR) is 94.7 cm³/mol. The molecule has 2 unspecified atom stereocenters. The summed E-state index contributed by atoms with van der Waals surface area (Å²) >= 11 is 0. The minimum Gasteiger partial charge on any atom is -0.491 e. The zero-order chi connectivity index (χ0) is 20.8. The van der Waals surface area contributed by atoms with E-state index in [0.717, 1.165) is 25.0 Å². The largest absolute Gasteiger partial charge is 0.491 e. The Morgan fingerprint density at radius 1 is 1.38 bits per heavy atom. The number of carbonyl (C=O) groups excluding carboxylic acids is 1. The molecule has 0 aliphatic carbocycles. The Morgan fingerprint density at radius 3 is 2.90 bits per heavy atom. The summed E-state index contributed by atoms with van der Waals surface area (Å²) in [7, 11) is 0. The summed E-state index contributed by atoms with van der Waals surface area (Å²) in [4.78, 5) is 12.6. The normalized spacial score (nSPS) is 23.4. The topological polar surface area (TPSA) is 85.6 Å². The van der Waals surface area contributed by atoms with E-state index < -0.39 is 29.8 Å². The molecular weight excluding hydrogens is 391 g/mol. The molecule has 7 nitrogen and oxygen atoms in total. The van der Waals surface area contributed by atoms with Gasteiger partial charge in [-0.3, -0.25) is 4.79 Å². The lowest BCUT2D eigenvalue weighted by atomic mass is 9.97. The molecule has 2 aromatic rings. The van der Waals surface area contributed by atoms with Crippen molar-refractivity contribution in [3.63, 3.8) is 0 Å². The summed E-state index contributed by atoms with van der Waals surface area (Å²) in [5.41, 5.74) is -0.802. The highest BCUT2D eigenvalue weighted by molar-refractivity contribution is 5.92. The monoisotopic (exact) mass is 411 g/mol. The van der Waals surface area contributed by atoms with E-state index in [4.69, 9.17) is 9.47 Å². The van der Waals surface area contributed by atoms with Crippen molar-refractivity contribution in [2.75, 3.05) is 6.61 Å². The third-order valence-corrected chi connectivity index (χ3v) is 5.15. The van der Waals surface area contributed by atoms with Gasteiger partial charge in [-0.15, -0.1) is 0 Å². The van der Waals surface area contributed by atoms with E-state index in [0.29, 0.717) is 12.4 Å². The minimum absolute atomic E-state index is 0.0189. The van der Waals surface area contributed by atoms with Gasteiger partial charge in [0, 0.05) is 24.6 Å². The van der Waals surface area contributed by atoms with Gasteiger partial charge in [0.1, 0.15) is 24.6 Å². The number of nitrogens with zero attached hydrogens (tertiary/aromatic N) is 2. The predicted octanol–water partition coefficient (Wildman–Crippen LogP) is 2.69. The summed E-state index contributed by atoms with van der Waals surface area (Å²) in [6, 6.07) is 3.50. The first-order valence-electron chi connectivity index (χ1n) is 9.33. The Kier molecular flexibility index (Phi) is 4.89. The lowest BCUT2D eigenvalue weighted by Gasteiger charge is -2.31. The van der Waals surface area contributed by atoms with Crippen LogP contribution in [0.1, 0.15) is 47.5 Å². The summed E-state index contributed by atoms with van der Waals surface area (Å²) in [6.45, 7) is 2.56. The van der Waals surface area contributed by atoms with Crippen molar-refractivity contribution in [2.45, 2.75) is 50.7 Å². The van der Waals surface area contributed by atoms with Crippen molar-refractivity contribution < 1.29 is 32.5 Å². The fraction of sp³-hybridized carbons (Fsp3) is 0.474. The zero-order valence-corrected chi connectivity index (χ0v) is 15.6. The van der Waals surface area contributed by atoms with Gasteiger partial charge in [0.2, 0.25) is 5.88 Å². The average molecular weight is 411 g/mol. The van der Waals surface area contributed by atoms with Gasteiger partial charge >= 0.3 is 6.18 Å². The molecule has 29 heavy (non-hydrogen) atoms. The molecule has 1 aromatic carbocycles. The first kappa shape index (κ1) is 19.6. The number of aliphatic hydroxyl groups excluding tert-OH is 1. The second kappa shape index (κ2) is 7.25. The molecule has 156 valence electrons. The Hall–Kier alpha value is -2.75. The molecule has 2 aliphatic rings. The Morgan fingerprint density at radius 2 is 2.17 bits per heavy atom. The van der Waals surface area contributed by atoms with Crippen LogP contribution in [0.25, 0.3) is 0 Å². The van der Waals surface area contributed by atoms with Crippen molar-refractivity contribution in [1.29, 1.82) is 0 Å². The number of alkyl halides is 3. The molecule has 1 aromatic heterocycles. The van der Waals surface area contributed by atoms with Gasteiger partial charge in [-0.2, -0.15) is 18.3 Å². The SMILES string of the molecule is CCC1CCn2nc(C(=O)N[C@H]3COc4ccc(C(F)(F)F)cc4C3O)cc2O1. The molecule has 2 N–H and O–H groups in total. The van der Waals surface area contributed by atoms with E-state index in [1.165, 1.54) is 12.1 Å². The lowest BCUT2D eigenvalue weighted by Crippen LogP contribution is -2.45. The number of amides is 1. The van der Waals surface area contributed by atoms with E-state index >= 15 is 0 Å². The van der Waals surface area contributed by atoms with Crippen LogP contribution in [0.3, 0.4) is 0 Å². The van der Waals surface area contributed by atoms with Crippen LogP contribution in [-0.2, 0) is 12.7 Å². The Balaban J connectivity index is 1.50. The van der Waals surface area contributed by atoms with Gasteiger partial charge in [-0.05, 0) is 24.6 Å². The van der Waals surface area contributed by atoms with Crippen LogP contribution in [-0.4, -0.2) is 39.5 Å². The molecule has 0 saturated carbocycles. The maximum absolute atomic E-state index is 13.0. The molecule has 10 heteroatoms. The van der Waals surface area contributed by atoms with Gasteiger partial charge in [0.05, 0.1) is 11.6 Å². The summed E-state index contributed by atoms with van der Waals surface area (Å²) < 4.78 is 51.7. The van der Waals surface area contributed by atoms with Crippen LogP contribution in [0.15, 0.2) is 24.3 Å². The number of halogens is 3. The molecule has 3 heterocycles. The fourth-order valence-corrected chi connectivity index (χ4v) is 3.49. The maximum atomic E-state index is 13.0. The van der Waals surface area contributed by atoms with Crippen molar-refractivity contribution in [1.82, 2.24) is 15.1 Å². The lowest BCUT2D eigenvalue weighted by molar-refractivity contribution is -0.137. The second-order valence-electron chi connectivity index (χ2n) is 7.11. The van der Waals surface area contributed by atoms with Gasteiger partial charge in [0.15, 0.2) is 5.69 Å². The van der Waals surface area contributed by atoms with E-state index in [1.54, 1.807) is 4.68 Å². The smallest absolute Gasteiger partial charge is 0.416 e. The summed E-state index contributed by atoms with van der Waals surface area (Å²) in [5.74, 6) is 0.0907.